The molecule has 0 saturated carbocycles. The number of aromatic nitrogens is 2. The third-order valence-corrected chi connectivity index (χ3v) is 5.43. The summed E-state index contributed by atoms with van der Waals surface area (Å²) in [6, 6.07) is 10.5. The summed E-state index contributed by atoms with van der Waals surface area (Å²) in [5.74, 6) is -0.797. The molecule has 0 radical (unpaired) electrons. The van der Waals surface area contributed by atoms with Crippen LogP contribution in [0.4, 0.5) is 37.5 Å². The van der Waals surface area contributed by atoms with Gasteiger partial charge >= 0.3 is 5.69 Å². The van der Waals surface area contributed by atoms with Gasteiger partial charge in [0, 0.05) is 36.3 Å². The Hall–Kier alpha value is -3.34. The summed E-state index contributed by atoms with van der Waals surface area (Å²) in [6.07, 6.45) is 1.22. The molecular weight excluding hydrogens is 474 g/mol. The highest BCUT2D eigenvalue weighted by Crippen LogP contribution is 2.35. The van der Waals surface area contributed by atoms with Gasteiger partial charge in [-0.3, -0.25) is 10.1 Å². The minimum Gasteiger partial charge on any atom is -0.368 e. The lowest BCUT2D eigenvalue weighted by Crippen LogP contribution is -2.47. The van der Waals surface area contributed by atoms with Crippen molar-refractivity contribution in [3.8, 4) is 0 Å². The van der Waals surface area contributed by atoms with Crippen LogP contribution in [-0.4, -0.2) is 41.1 Å². The van der Waals surface area contributed by atoms with Crippen molar-refractivity contribution in [1.29, 1.82) is 0 Å². The molecule has 1 aromatic heterocycles. The van der Waals surface area contributed by atoms with Crippen molar-refractivity contribution in [3.63, 3.8) is 0 Å². The van der Waals surface area contributed by atoms with E-state index in [1.54, 1.807) is 23.1 Å². The molecule has 1 aliphatic rings. The molecule has 0 spiro atoms. The van der Waals surface area contributed by atoms with Gasteiger partial charge in [-0.2, -0.15) is 0 Å². The van der Waals surface area contributed by atoms with Gasteiger partial charge in [0.05, 0.1) is 10.6 Å². The number of hydrogen-bond acceptors (Lipinski definition) is 7. The van der Waals surface area contributed by atoms with Crippen molar-refractivity contribution in [1.82, 2.24) is 9.97 Å². The van der Waals surface area contributed by atoms with E-state index >= 15 is 0 Å². The Morgan fingerprint density at radius 3 is 2.32 bits per heavy atom. The molecule has 11 heteroatoms. The first-order valence-electron chi connectivity index (χ1n) is 9.39. The van der Waals surface area contributed by atoms with E-state index < -0.39 is 10.7 Å². The predicted molar refractivity (Wildman–Crippen MR) is 117 cm³/mol. The van der Waals surface area contributed by atoms with Crippen LogP contribution in [0.1, 0.15) is 0 Å². The van der Waals surface area contributed by atoms with E-state index in [4.69, 9.17) is 0 Å². The first-order chi connectivity index (χ1) is 14.9. The Bertz CT molecular complexity index is 1110. The van der Waals surface area contributed by atoms with Crippen LogP contribution >= 0.6 is 15.9 Å². The number of anilines is 4. The SMILES string of the molecule is O=[N+]([O-])c1c(Nc2ccc(Br)cc2F)ncnc1N1CCN(c2ccc(F)cc2)CC1. The molecule has 2 aromatic carbocycles. The Morgan fingerprint density at radius 1 is 1.00 bits per heavy atom. The van der Waals surface area contributed by atoms with E-state index in [2.05, 4.69) is 36.1 Å². The molecule has 1 N–H and O–H groups in total. The summed E-state index contributed by atoms with van der Waals surface area (Å²) in [6.45, 7) is 2.11. The van der Waals surface area contributed by atoms with Crippen LogP contribution in [0.25, 0.3) is 0 Å². The smallest absolute Gasteiger partial charge is 0.353 e. The van der Waals surface area contributed by atoms with Crippen LogP contribution < -0.4 is 15.1 Å². The van der Waals surface area contributed by atoms with Crippen molar-refractivity contribution in [3.05, 3.63) is 75.0 Å². The minimum atomic E-state index is -0.572. The summed E-state index contributed by atoms with van der Waals surface area (Å²) >= 11 is 3.18. The number of benzene rings is 2. The Balaban J connectivity index is 1.57. The highest BCUT2D eigenvalue weighted by molar-refractivity contribution is 9.10. The largest absolute Gasteiger partial charge is 0.368 e. The molecular formula is C20H17BrF2N6O2. The Morgan fingerprint density at radius 2 is 1.68 bits per heavy atom. The second-order valence-electron chi connectivity index (χ2n) is 6.85. The fraction of sp³-hybridized carbons (Fsp3) is 0.200. The molecule has 160 valence electrons. The van der Waals surface area contributed by atoms with Crippen LogP contribution in [0.2, 0.25) is 0 Å². The van der Waals surface area contributed by atoms with Gasteiger partial charge < -0.3 is 15.1 Å². The van der Waals surface area contributed by atoms with Crippen molar-refractivity contribution in [2.45, 2.75) is 0 Å². The molecule has 0 bridgehead atoms. The lowest BCUT2D eigenvalue weighted by atomic mass is 10.2. The van der Waals surface area contributed by atoms with Crippen molar-refractivity contribution in [2.75, 3.05) is 41.3 Å². The molecule has 0 aliphatic carbocycles. The molecule has 1 fully saturated rings. The summed E-state index contributed by atoms with van der Waals surface area (Å²) in [7, 11) is 0. The first kappa shape index (κ1) is 20.9. The Labute approximate surface area is 184 Å². The second kappa shape index (κ2) is 8.80. The van der Waals surface area contributed by atoms with Crippen molar-refractivity contribution >= 4 is 44.6 Å². The van der Waals surface area contributed by atoms with Crippen LogP contribution in [0, 0.1) is 21.7 Å². The van der Waals surface area contributed by atoms with Gasteiger partial charge in [0.1, 0.15) is 18.0 Å². The first-order valence-corrected chi connectivity index (χ1v) is 10.2. The molecule has 0 amide bonds. The van der Waals surface area contributed by atoms with E-state index in [1.807, 2.05) is 0 Å². The number of piperazine rings is 1. The highest BCUT2D eigenvalue weighted by Gasteiger charge is 2.29. The molecule has 0 atom stereocenters. The van der Waals surface area contributed by atoms with Gasteiger partial charge in [-0.05, 0) is 42.5 Å². The summed E-state index contributed by atoms with van der Waals surface area (Å²) in [5, 5.41) is 14.6. The van der Waals surface area contributed by atoms with Crippen molar-refractivity contribution in [2.24, 2.45) is 0 Å². The van der Waals surface area contributed by atoms with E-state index in [1.165, 1.54) is 30.6 Å². The number of hydrogen-bond donors (Lipinski definition) is 1. The third-order valence-electron chi connectivity index (χ3n) is 4.94. The van der Waals surface area contributed by atoms with Crippen molar-refractivity contribution < 1.29 is 13.7 Å². The number of halogens is 3. The van der Waals surface area contributed by atoms with Gasteiger partial charge in [-0.25, -0.2) is 18.7 Å². The predicted octanol–water partition coefficient (Wildman–Crippen LogP) is 4.50. The maximum atomic E-state index is 14.2. The van der Waals surface area contributed by atoms with Gasteiger partial charge in [-0.1, -0.05) is 15.9 Å². The minimum absolute atomic E-state index is 0.0667. The van der Waals surface area contributed by atoms with Crippen LogP contribution in [0.5, 0.6) is 0 Å². The summed E-state index contributed by atoms with van der Waals surface area (Å²) < 4.78 is 27.9. The lowest BCUT2D eigenvalue weighted by Gasteiger charge is -2.36. The Kier molecular flexibility index (Phi) is 5.94. The zero-order valence-corrected chi connectivity index (χ0v) is 17.7. The monoisotopic (exact) mass is 490 g/mol. The summed E-state index contributed by atoms with van der Waals surface area (Å²) in [4.78, 5) is 23.2. The van der Waals surface area contributed by atoms with E-state index in [9.17, 15) is 18.9 Å². The third kappa shape index (κ3) is 4.55. The van der Waals surface area contributed by atoms with Gasteiger partial charge in [0.2, 0.25) is 11.6 Å². The topological polar surface area (TPSA) is 87.4 Å². The standard InChI is InChI=1S/C20H17BrF2N6O2/c21-13-1-6-17(16(23)11-13)26-19-18(29(30)31)20(25-12-24-19)28-9-7-27(8-10-28)15-4-2-14(22)3-5-15/h1-6,11-12H,7-10H2,(H,24,25,26). The fourth-order valence-electron chi connectivity index (χ4n) is 3.41. The number of nitrogens with one attached hydrogen (secondary N) is 1. The average molecular weight is 491 g/mol. The van der Waals surface area contributed by atoms with Crippen LogP contribution in [0.3, 0.4) is 0 Å². The lowest BCUT2D eigenvalue weighted by molar-refractivity contribution is -0.383. The second-order valence-corrected chi connectivity index (χ2v) is 7.77. The van der Waals surface area contributed by atoms with Crippen LogP contribution in [0.15, 0.2) is 53.3 Å². The zero-order chi connectivity index (χ0) is 22.0. The molecule has 3 aromatic rings. The van der Waals surface area contributed by atoms with Gasteiger partial charge in [-0.15, -0.1) is 0 Å². The molecule has 2 heterocycles. The number of nitro groups is 1. The molecule has 4 rings (SSSR count). The maximum Gasteiger partial charge on any atom is 0.353 e. The molecule has 1 saturated heterocycles. The average Bonchev–Trinajstić information content (AvgIpc) is 2.76. The van der Waals surface area contributed by atoms with Gasteiger partial charge in [0.15, 0.2) is 0 Å². The maximum absolute atomic E-state index is 14.2. The zero-order valence-electron chi connectivity index (χ0n) is 16.1. The quantitative estimate of drug-likeness (QED) is 0.416. The normalized spacial score (nSPS) is 13.9. The highest BCUT2D eigenvalue weighted by atomic mass is 79.9. The van der Waals surface area contributed by atoms with E-state index in [-0.39, 0.29) is 28.8 Å². The molecule has 1 aliphatic heterocycles. The molecule has 0 unspecified atom stereocenters. The summed E-state index contributed by atoms with van der Waals surface area (Å²) in [5.41, 5.74) is 0.628. The number of nitrogens with zero attached hydrogens (tertiary/aromatic N) is 5. The van der Waals surface area contributed by atoms with E-state index in [0.717, 1.165) is 5.69 Å². The molecule has 31 heavy (non-hydrogen) atoms. The molecule has 8 nitrogen and oxygen atoms in total. The van der Waals surface area contributed by atoms with Gasteiger partial charge in [0.25, 0.3) is 0 Å². The number of rotatable bonds is 5. The van der Waals surface area contributed by atoms with Crippen LogP contribution in [-0.2, 0) is 0 Å². The fourth-order valence-corrected chi connectivity index (χ4v) is 3.74. The van der Waals surface area contributed by atoms with E-state index in [0.29, 0.717) is 30.7 Å².